The smallest absolute Gasteiger partial charge is 0.262 e. The van der Waals surface area contributed by atoms with E-state index in [4.69, 9.17) is 21.6 Å². The van der Waals surface area contributed by atoms with Crippen molar-refractivity contribution in [2.24, 2.45) is 4.99 Å². The molecule has 2 atom stereocenters. The van der Waals surface area contributed by atoms with E-state index in [1.807, 2.05) is 0 Å². The third-order valence-corrected chi connectivity index (χ3v) is 7.36. The van der Waals surface area contributed by atoms with Crippen LogP contribution in [0, 0.1) is 11.3 Å². The number of rotatable bonds is 3. The molecule has 3 rings (SSSR count). The molecule has 2 aliphatic rings. The SMILES string of the molecule is COc1ccc(Cl)cc1N1C(=NC(=O)CC#N)S[C@@H]2CS(=O)(=O)C[C@H]21. The zero-order chi connectivity index (χ0) is 18.2. The molecule has 7 nitrogen and oxygen atoms in total. The second-order valence-electron chi connectivity index (χ2n) is 5.61. The normalized spacial score (nSPS) is 25.6. The van der Waals surface area contributed by atoms with E-state index in [1.165, 1.54) is 18.9 Å². The lowest BCUT2D eigenvalue weighted by Crippen LogP contribution is -2.38. The predicted molar refractivity (Wildman–Crippen MR) is 97.0 cm³/mol. The summed E-state index contributed by atoms with van der Waals surface area (Å²) in [5.41, 5.74) is 0.551. The zero-order valence-electron chi connectivity index (χ0n) is 13.2. The van der Waals surface area contributed by atoms with Gasteiger partial charge >= 0.3 is 0 Å². The number of thioether (sulfide) groups is 1. The van der Waals surface area contributed by atoms with Crippen LogP contribution in [0.15, 0.2) is 23.2 Å². The van der Waals surface area contributed by atoms with E-state index in [0.717, 1.165) is 0 Å². The molecule has 0 aliphatic carbocycles. The Morgan fingerprint density at radius 2 is 2.28 bits per heavy atom. The average Bonchev–Trinajstić information content (AvgIpc) is 2.98. The molecule has 0 unspecified atom stereocenters. The van der Waals surface area contributed by atoms with Crippen LogP contribution in [-0.2, 0) is 14.6 Å². The van der Waals surface area contributed by atoms with E-state index in [0.29, 0.717) is 21.6 Å². The quantitative estimate of drug-likeness (QED) is 0.764. The van der Waals surface area contributed by atoms with Crippen LogP contribution in [0.2, 0.25) is 5.02 Å². The molecule has 0 bridgehead atoms. The molecule has 2 heterocycles. The fraction of sp³-hybridized carbons (Fsp3) is 0.400. The molecule has 2 aliphatic heterocycles. The maximum atomic E-state index is 12.0. The molecular formula is C15H14ClN3O4S2. The Morgan fingerprint density at radius 3 is 2.96 bits per heavy atom. The van der Waals surface area contributed by atoms with Gasteiger partial charge in [0.1, 0.15) is 12.2 Å². The van der Waals surface area contributed by atoms with Crippen LogP contribution in [0.5, 0.6) is 5.75 Å². The number of nitrogens with zero attached hydrogens (tertiary/aromatic N) is 3. The van der Waals surface area contributed by atoms with Crippen LogP contribution >= 0.6 is 23.4 Å². The summed E-state index contributed by atoms with van der Waals surface area (Å²) in [4.78, 5) is 17.5. The lowest BCUT2D eigenvalue weighted by Gasteiger charge is -2.26. The Morgan fingerprint density at radius 1 is 1.52 bits per heavy atom. The number of halogens is 1. The highest BCUT2D eigenvalue weighted by molar-refractivity contribution is 8.16. The number of nitriles is 1. The van der Waals surface area contributed by atoms with Crippen LogP contribution in [0.1, 0.15) is 6.42 Å². The molecule has 1 aromatic rings. The number of amidine groups is 1. The van der Waals surface area contributed by atoms with Crippen LogP contribution < -0.4 is 9.64 Å². The van der Waals surface area contributed by atoms with Crippen LogP contribution in [0.3, 0.4) is 0 Å². The Hall–Kier alpha value is -1.76. The molecule has 1 aromatic carbocycles. The van der Waals surface area contributed by atoms with Gasteiger partial charge in [0, 0.05) is 10.3 Å². The van der Waals surface area contributed by atoms with Crippen molar-refractivity contribution in [1.82, 2.24) is 0 Å². The first-order valence-corrected chi connectivity index (χ1v) is 10.4. The summed E-state index contributed by atoms with van der Waals surface area (Å²) in [5.74, 6) is -0.0897. The first-order chi connectivity index (χ1) is 11.8. The molecule has 10 heteroatoms. The number of carbonyl (C=O) groups is 1. The van der Waals surface area contributed by atoms with Gasteiger partial charge in [-0.05, 0) is 18.2 Å². The van der Waals surface area contributed by atoms with Crippen molar-refractivity contribution in [3.05, 3.63) is 23.2 Å². The Balaban J connectivity index is 2.09. The van der Waals surface area contributed by atoms with Gasteiger partial charge in [0.05, 0.1) is 36.4 Å². The fourth-order valence-corrected chi connectivity index (χ4v) is 7.00. The van der Waals surface area contributed by atoms with Crippen LogP contribution in [0.25, 0.3) is 0 Å². The maximum Gasteiger partial charge on any atom is 0.262 e. The van der Waals surface area contributed by atoms with Crippen LogP contribution in [0.4, 0.5) is 5.69 Å². The lowest BCUT2D eigenvalue weighted by molar-refractivity contribution is -0.116. The largest absolute Gasteiger partial charge is 0.495 e. The Labute approximate surface area is 154 Å². The molecule has 0 aromatic heterocycles. The second kappa shape index (κ2) is 6.86. The summed E-state index contributed by atoms with van der Waals surface area (Å²) in [6.45, 7) is 0. The van der Waals surface area contributed by atoms with Gasteiger partial charge in [-0.1, -0.05) is 23.4 Å². The van der Waals surface area contributed by atoms with Crippen molar-refractivity contribution in [3.63, 3.8) is 0 Å². The van der Waals surface area contributed by atoms with Crippen molar-refractivity contribution in [3.8, 4) is 11.8 Å². The monoisotopic (exact) mass is 399 g/mol. The highest BCUT2D eigenvalue weighted by atomic mass is 35.5. The van der Waals surface area contributed by atoms with Gasteiger partial charge in [0.2, 0.25) is 0 Å². The fourth-order valence-electron chi connectivity index (χ4n) is 2.91. The van der Waals surface area contributed by atoms with Gasteiger partial charge in [-0.25, -0.2) is 8.42 Å². The molecule has 25 heavy (non-hydrogen) atoms. The number of fused-ring (bicyclic) bond motifs is 1. The van der Waals surface area contributed by atoms with Gasteiger partial charge in [0.15, 0.2) is 15.0 Å². The number of carbonyl (C=O) groups excluding carboxylic acids is 1. The lowest BCUT2D eigenvalue weighted by atomic mass is 10.2. The molecule has 1 amide bonds. The topological polar surface area (TPSA) is 99.8 Å². The zero-order valence-corrected chi connectivity index (χ0v) is 15.6. The minimum Gasteiger partial charge on any atom is -0.495 e. The van der Waals surface area contributed by atoms with Crippen LogP contribution in [-0.4, -0.2) is 49.4 Å². The summed E-state index contributed by atoms with van der Waals surface area (Å²) >= 11 is 7.33. The van der Waals surface area contributed by atoms with E-state index >= 15 is 0 Å². The van der Waals surface area contributed by atoms with Crippen molar-refractivity contribution >= 4 is 50.0 Å². The van der Waals surface area contributed by atoms with Gasteiger partial charge < -0.3 is 9.64 Å². The molecule has 0 saturated carbocycles. The number of anilines is 1. The molecule has 132 valence electrons. The van der Waals surface area contributed by atoms with Crippen molar-refractivity contribution in [2.45, 2.75) is 17.7 Å². The maximum absolute atomic E-state index is 12.0. The van der Waals surface area contributed by atoms with E-state index < -0.39 is 15.7 Å². The number of aliphatic imine (C=N–C) groups is 1. The Bertz CT molecular complexity index is 895. The number of hydrogen-bond donors (Lipinski definition) is 0. The highest BCUT2D eigenvalue weighted by Gasteiger charge is 2.50. The van der Waals surface area contributed by atoms with E-state index in [2.05, 4.69) is 4.99 Å². The van der Waals surface area contributed by atoms with Gasteiger partial charge in [-0.2, -0.15) is 10.3 Å². The second-order valence-corrected chi connectivity index (χ2v) is 9.41. The number of benzene rings is 1. The van der Waals surface area contributed by atoms with Gasteiger partial charge in [-0.15, -0.1) is 0 Å². The summed E-state index contributed by atoms with van der Waals surface area (Å²) in [6, 6.07) is 6.39. The first kappa shape index (κ1) is 18.0. The van der Waals surface area contributed by atoms with E-state index in [-0.39, 0.29) is 29.2 Å². The molecule has 0 spiro atoms. The first-order valence-electron chi connectivity index (χ1n) is 7.33. The average molecular weight is 400 g/mol. The van der Waals surface area contributed by atoms with E-state index in [9.17, 15) is 13.2 Å². The summed E-state index contributed by atoms with van der Waals surface area (Å²) in [5, 5.41) is 9.25. The molecule has 0 radical (unpaired) electrons. The minimum absolute atomic E-state index is 0.0210. The third kappa shape index (κ3) is 3.61. The number of hydrogen-bond acceptors (Lipinski definition) is 6. The summed E-state index contributed by atoms with van der Waals surface area (Å²) in [7, 11) is -1.67. The predicted octanol–water partition coefficient (Wildman–Crippen LogP) is 1.86. The van der Waals surface area contributed by atoms with E-state index in [1.54, 1.807) is 29.2 Å². The number of methoxy groups -OCH3 is 1. The minimum atomic E-state index is -3.17. The Kier molecular flexibility index (Phi) is 4.95. The van der Waals surface area contributed by atoms with Gasteiger partial charge in [-0.3, -0.25) is 4.79 Å². The van der Waals surface area contributed by atoms with Crippen molar-refractivity contribution in [1.29, 1.82) is 5.26 Å². The molecule has 0 N–H and O–H groups in total. The highest BCUT2D eigenvalue weighted by Crippen LogP contribution is 2.44. The third-order valence-electron chi connectivity index (χ3n) is 3.92. The number of ether oxygens (including phenoxy) is 1. The molecule has 2 fully saturated rings. The molecular weight excluding hydrogens is 386 g/mol. The van der Waals surface area contributed by atoms with Crippen molar-refractivity contribution in [2.75, 3.05) is 23.5 Å². The number of amides is 1. The summed E-state index contributed by atoms with van der Waals surface area (Å²) in [6.07, 6.45) is -0.335. The summed E-state index contributed by atoms with van der Waals surface area (Å²) < 4.78 is 29.4. The number of sulfone groups is 1. The van der Waals surface area contributed by atoms with Gasteiger partial charge in [0.25, 0.3) is 5.91 Å². The van der Waals surface area contributed by atoms with Crippen molar-refractivity contribution < 1.29 is 17.9 Å². The molecule has 2 saturated heterocycles. The standard InChI is InChI=1S/C15H14ClN3O4S2/c1-23-12-3-2-9(16)6-10(12)19-11-7-25(21,22)8-13(11)24-15(19)18-14(20)4-5-17/h2-3,6,11,13H,4,7-8H2,1H3/t11-,13-/m1/s1.